The van der Waals surface area contributed by atoms with Crippen LogP contribution in [-0.2, 0) is 27.9 Å². The summed E-state index contributed by atoms with van der Waals surface area (Å²) in [4.78, 5) is 18.0. The first kappa shape index (κ1) is 25.9. The smallest absolute Gasteiger partial charge is 0.243 e. The molecule has 2 aromatic carbocycles. The Balaban J connectivity index is 1.62. The van der Waals surface area contributed by atoms with E-state index in [0.29, 0.717) is 18.1 Å². The molecular formula is C27H31ClN2O3S2. The van der Waals surface area contributed by atoms with Gasteiger partial charge in [-0.25, -0.2) is 8.42 Å². The molecule has 1 fully saturated rings. The predicted molar refractivity (Wildman–Crippen MR) is 142 cm³/mol. The van der Waals surface area contributed by atoms with Gasteiger partial charge in [0.25, 0.3) is 0 Å². The lowest BCUT2D eigenvalue weighted by Gasteiger charge is -2.34. The molecule has 0 atom stereocenters. The molecule has 0 spiro atoms. The highest BCUT2D eigenvalue weighted by Crippen LogP contribution is 2.29. The van der Waals surface area contributed by atoms with E-state index in [1.807, 2.05) is 49.4 Å². The van der Waals surface area contributed by atoms with E-state index in [2.05, 4.69) is 0 Å². The number of hydrogen-bond donors (Lipinski definition) is 0. The molecule has 0 N–H and O–H groups in total. The maximum atomic E-state index is 13.7. The summed E-state index contributed by atoms with van der Waals surface area (Å²) in [6.07, 6.45) is 4.56. The second kappa shape index (κ2) is 11.7. The van der Waals surface area contributed by atoms with Crippen molar-refractivity contribution in [1.29, 1.82) is 0 Å². The lowest BCUT2D eigenvalue weighted by atomic mass is 9.95. The minimum atomic E-state index is -3.86. The van der Waals surface area contributed by atoms with Crippen molar-refractivity contribution in [2.75, 3.05) is 6.54 Å². The number of sulfonamides is 1. The van der Waals surface area contributed by atoms with Gasteiger partial charge in [0.1, 0.15) is 0 Å². The van der Waals surface area contributed by atoms with Crippen LogP contribution in [0, 0.1) is 6.92 Å². The van der Waals surface area contributed by atoms with E-state index < -0.39 is 10.0 Å². The van der Waals surface area contributed by atoms with Gasteiger partial charge in [0.05, 0.1) is 18.0 Å². The molecule has 35 heavy (non-hydrogen) atoms. The van der Waals surface area contributed by atoms with Crippen LogP contribution in [0.3, 0.4) is 0 Å². The Morgan fingerprint density at radius 2 is 1.63 bits per heavy atom. The molecule has 4 rings (SSSR count). The van der Waals surface area contributed by atoms with E-state index in [9.17, 15) is 13.2 Å². The van der Waals surface area contributed by atoms with Crippen molar-refractivity contribution in [2.45, 2.75) is 63.1 Å². The first-order chi connectivity index (χ1) is 16.8. The number of hydrogen-bond acceptors (Lipinski definition) is 4. The lowest BCUT2D eigenvalue weighted by molar-refractivity contribution is -0.133. The van der Waals surface area contributed by atoms with E-state index in [-0.39, 0.29) is 23.4 Å². The number of thiophene rings is 1. The van der Waals surface area contributed by atoms with Crippen LogP contribution in [0.4, 0.5) is 0 Å². The zero-order valence-corrected chi connectivity index (χ0v) is 22.3. The van der Waals surface area contributed by atoms with Gasteiger partial charge in [-0.05, 0) is 61.7 Å². The van der Waals surface area contributed by atoms with E-state index in [1.165, 1.54) is 21.3 Å². The fraction of sp³-hybridized carbons (Fsp3) is 0.370. The third-order valence-electron chi connectivity index (χ3n) is 6.40. The van der Waals surface area contributed by atoms with Gasteiger partial charge in [-0.15, -0.1) is 11.3 Å². The third-order valence-corrected chi connectivity index (χ3v) is 9.55. The SMILES string of the molecule is Cc1ccc(CN(Cc2ccccc2)C(=O)CN(C2CCCCC2)S(=O)(=O)c2ccc(Cl)cc2)s1. The van der Waals surface area contributed by atoms with Crippen LogP contribution in [0.25, 0.3) is 0 Å². The molecule has 1 aliphatic rings. The van der Waals surface area contributed by atoms with Gasteiger partial charge in [-0.3, -0.25) is 4.79 Å². The molecule has 1 aromatic heterocycles. The van der Waals surface area contributed by atoms with Crippen LogP contribution in [0.2, 0.25) is 5.02 Å². The fourth-order valence-electron chi connectivity index (χ4n) is 4.55. The van der Waals surface area contributed by atoms with Gasteiger partial charge in [-0.1, -0.05) is 61.2 Å². The topological polar surface area (TPSA) is 57.7 Å². The number of rotatable bonds is 9. The molecular weight excluding hydrogens is 500 g/mol. The first-order valence-electron chi connectivity index (χ1n) is 12.0. The molecule has 5 nitrogen and oxygen atoms in total. The van der Waals surface area contributed by atoms with Gasteiger partial charge in [0, 0.05) is 27.4 Å². The zero-order valence-electron chi connectivity index (χ0n) is 19.9. The van der Waals surface area contributed by atoms with Gasteiger partial charge in [-0.2, -0.15) is 4.31 Å². The van der Waals surface area contributed by atoms with Crippen molar-refractivity contribution in [2.24, 2.45) is 0 Å². The molecule has 3 aromatic rings. The minimum Gasteiger partial charge on any atom is -0.332 e. The second-order valence-corrected chi connectivity index (χ2v) is 12.7. The third kappa shape index (κ3) is 6.73. The Hall–Kier alpha value is -2.19. The van der Waals surface area contributed by atoms with E-state index in [4.69, 9.17) is 11.6 Å². The van der Waals surface area contributed by atoms with E-state index in [1.54, 1.807) is 28.4 Å². The van der Waals surface area contributed by atoms with Crippen LogP contribution in [0.5, 0.6) is 0 Å². The summed E-state index contributed by atoms with van der Waals surface area (Å²) in [5.41, 5.74) is 1.01. The highest BCUT2D eigenvalue weighted by Gasteiger charge is 2.35. The molecule has 1 aliphatic carbocycles. The Labute approximate surface area is 217 Å². The normalized spacial score (nSPS) is 14.8. The molecule has 8 heteroatoms. The Kier molecular flexibility index (Phi) is 8.65. The molecule has 1 amide bonds. The van der Waals surface area contributed by atoms with Crippen molar-refractivity contribution in [3.8, 4) is 0 Å². The fourth-order valence-corrected chi connectivity index (χ4v) is 7.22. The summed E-state index contributed by atoms with van der Waals surface area (Å²) in [6.45, 7) is 2.75. The molecule has 186 valence electrons. The number of aryl methyl sites for hydroxylation is 1. The minimum absolute atomic E-state index is 0.170. The summed E-state index contributed by atoms with van der Waals surface area (Å²) in [5.74, 6) is -0.192. The van der Waals surface area contributed by atoms with Gasteiger partial charge in [0.2, 0.25) is 15.9 Å². The van der Waals surface area contributed by atoms with E-state index >= 15 is 0 Å². The highest BCUT2D eigenvalue weighted by atomic mass is 35.5. The Morgan fingerprint density at radius 1 is 0.943 bits per heavy atom. The number of carbonyl (C=O) groups is 1. The van der Waals surface area contributed by atoms with Crippen molar-refractivity contribution < 1.29 is 13.2 Å². The van der Waals surface area contributed by atoms with Gasteiger partial charge < -0.3 is 4.90 Å². The Morgan fingerprint density at radius 3 is 2.26 bits per heavy atom. The average molecular weight is 531 g/mol. The first-order valence-corrected chi connectivity index (χ1v) is 14.6. The van der Waals surface area contributed by atoms with Crippen LogP contribution >= 0.6 is 22.9 Å². The van der Waals surface area contributed by atoms with E-state index in [0.717, 1.165) is 42.5 Å². The number of amides is 1. The molecule has 1 heterocycles. The largest absolute Gasteiger partial charge is 0.332 e. The van der Waals surface area contributed by atoms with Gasteiger partial charge >= 0.3 is 0 Å². The Bertz CT molecular complexity index is 1220. The number of carbonyl (C=O) groups excluding carboxylic acids is 1. The number of nitrogens with zero attached hydrogens (tertiary/aromatic N) is 2. The molecule has 0 aliphatic heterocycles. The van der Waals surface area contributed by atoms with Crippen molar-refractivity contribution in [1.82, 2.24) is 9.21 Å². The summed E-state index contributed by atoms with van der Waals surface area (Å²) >= 11 is 7.66. The lowest BCUT2D eigenvalue weighted by Crippen LogP contribution is -2.47. The van der Waals surface area contributed by atoms with Gasteiger partial charge in [0.15, 0.2) is 0 Å². The number of halogens is 1. The summed E-state index contributed by atoms with van der Waals surface area (Å²) in [7, 11) is -3.86. The maximum Gasteiger partial charge on any atom is 0.243 e. The molecule has 0 unspecified atom stereocenters. The molecule has 1 saturated carbocycles. The van der Waals surface area contributed by atoms with Crippen molar-refractivity contribution in [3.63, 3.8) is 0 Å². The second-order valence-electron chi connectivity index (χ2n) is 9.04. The number of benzene rings is 2. The summed E-state index contributed by atoms with van der Waals surface area (Å²) in [6, 6.07) is 19.9. The molecule has 0 bridgehead atoms. The zero-order chi connectivity index (χ0) is 24.8. The van der Waals surface area contributed by atoms with Crippen LogP contribution in [0.1, 0.15) is 47.4 Å². The highest BCUT2D eigenvalue weighted by molar-refractivity contribution is 7.89. The monoisotopic (exact) mass is 530 g/mol. The average Bonchev–Trinajstić information content (AvgIpc) is 3.28. The molecule has 0 saturated heterocycles. The quantitative estimate of drug-likeness (QED) is 0.328. The summed E-state index contributed by atoms with van der Waals surface area (Å²) < 4.78 is 28.9. The van der Waals surface area contributed by atoms with Crippen LogP contribution in [-0.4, -0.2) is 36.1 Å². The standard InChI is InChI=1S/C27H31ClN2O3S2/c1-21-12-15-25(34-21)19-29(18-22-8-4-2-5-9-22)27(31)20-30(24-10-6-3-7-11-24)35(32,33)26-16-13-23(28)14-17-26/h2,4-5,8-9,12-17,24H,3,6-7,10-11,18-20H2,1H3. The van der Waals surface area contributed by atoms with Crippen LogP contribution in [0.15, 0.2) is 71.6 Å². The summed E-state index contributed by atoms with van der Waals surface area (Å²) in [5, 5.41) is 0.476. The maximum absolute atomic E-state index is 13.7. The van der Waals surface area contributed by atoms with Crippen LogP contribution < -0.4 is 0 Å². The predicted octanol–water partition coefficient (Wildman–Crippen LogP) is 6.26. The van der Waals surface area contributed by atoms with Crippen molar-refractivity contribution in [3.05, 3.63) is 87.1 Å². The molecule has 0 radical (unpaired) electrons. The van der Waals surface area contributed by atoms with Crippen molar-refractivity contribution >= 4 is 38.9 Å².